The molecule has 5 heteroatoms. The highest BCUT2D eigenvalue weighted by atomic mass is 16.4. The monoisotopic (exact) mass is 177 g/mol. The van der Waals surface area contributed by atoms with Crippen LogP contribution in [0.15, 0.2) is 18.2 Å². The Morgan fingerprint density at radius 1 is 1.62 bits per heavy atom. The number of nitrogens with two attached hydrogens (primary N) is 1. The molecule has 1 aromatic carbocycles. The van der Waals surface area contributed by atoms with Crippen molar-refractivity contribution < 1.29 is 9.90 Å². The minimum Gasteiger partial charge on any atom is -0.478 e. The van der Waals surface area contributed by atoms with Crippen molar-refractivity contribution in [1.82, 2.24) is 0 Å². The summed E-state index contributed by atoms with van der Waals surface area (Å²) >= 11 is 0. The predicted molar refractivity (Wildman–Crippen MR) is 45.9 cm³/mol. The van der Waals surface area contributed by atoms with Gasteiger partial charge in [0.05, 0.1) is 22.9 Å². The molecule has 1 aromatic rings. The Balaban J connectivity index is 3.28. The minimum atomic E-state index is -1.12. The van der Waals surface area contributed by atoms with Gasteiger partial charge >= 0.3 is 5.97 Å². The number of aromatic carboxylic acids is 1. The van der Waals surface area contributed by atoms with Crippen LogP contribution in [0.4, 0.5) is 5.69 Å². The van der Waals surface area contributed by atoms with Crippen molar-refractivity contribution in [3.05, 3.63) is 29.3 Å². The average Bonchev–Trinajstić information content (AvgIpc) is 2.16. The molecule has 5 nitrogen and oxygen atoms in total. The van der Waals surface area contributed by atoms with Gasteiger partial charge in [-0.2, -0.15) is 5.26 Å². The molecule has 0 radical (unpaired) electrons. The van der Waals surface area contributed by atoms with Crippen LogP contribution < -0.4 is 11.3 Å². The first kappa shape index (κ1) is 9.03. The number of carbonyl (C=O) groups is 1. The van der Waals surface area contributed by atoms with E-state index in [1.165, 1.54) is 18.2 Å². The van der Waals surface area contributed by atoms with Crippen LogP contribution in [0.3, 0.4) is 0 Å². The number of nitriles is 1. The quantitative estimate of drug-likeness (QED) is 0.452. The Labute approximate surface area is 74.4 Å². The van der Waals surface area contributed by atoms with Crippen molar-refractivity contribution in [1.29, 1.82) is 5.26 Å². The molecule has 4 N–H and O–H groups in total. The number of hydrazine groups is 1. The summed E-state index contributed by atoms with van der Waals surface area (Å²) in [4.78, 5) is 10.6. The molecule has 0 unspecified atom stereocenters. The Morgan fingerprint density at radius 2 is 2.31 bits per heavy atom. The number of anilines is 1. The van der Waals surface area contributed by atoms with E-state index in [1.54, 1.807) is 0 Å². The third kappa shape index (κ3) is 1.75. The maximum Gasteiger partial charge on any atom is 0.337 e. The number of benzene rings is 1. The summed E-state index contributed by atoms with van der Waals surface area (Å²) in [5.41, 5.74) is 2.80. The predicted octanol–water partition coefficient (Wildman–Crippen LogP) is 0.542. The molecule has 0 heterocycles. The van der Waals surface area contributed by atoms with Crippen LogP contribution in [0.1, 0.15) is 15.9 Å². The SMILES string of the molecule is N#Cc1ccc(NN)c(C(=O)O)c1. The highest BCUT2D eigenvalue weighted by Gasteiger charge is 2.09. The van der Waals surface area contributed by atoms with Gasteiger partial charge in [-0.1, -0.05) is 0 Å². The number of carboxylic acid groups (broad SMARTS) is 1. The number of hydrogen-bond donors (Lipinski definition) is 3. The Bertz CT molecular complexity index is 381. The van der Waals surface area contributed by atoms with Gasteiger partial charge < -0.3 is 10.5 Å². The number of carboxylic acids is 1. The zero-order valence-electron chi connectivity index (χ0n) is 6.61. The lowest BCUT2D eigenvalue weighted by atomic mass is 10.1. The molecule has 0 fully saturated rings. The van der Waals surface area contributed by atoms with Crippen molar-refractivity contribution in [3.8, 4) is 6.07 Å². The van der Waals surface area contributed by atoms with Crippen molar-refractivity contribution in [2.45, 2.75) is 0 Å². The maximum absolute atomic E-state index is 10.6. The number of nitrogens with one attached hydrogen (secondary N) is 1. The first-order chi connectivity index (χ1) is 6.19. The highest BCUT2D eigenvalue weighted by Crippen LogP contribution is 2.15. The lowest BCUT2D eigenvalue weighted by Crippen LogP contribution is -2.11. The van der Waals surface area contributed by atoms with Crippen LogP contribution in [0.2, 0.25) is 0 Å². The molecular weight excluding hydrogens is 170 g/mol. The molecule has 0 aromatic heterocycles. The molecule has 0 bridgehead atoms. The summed E-state index contributed by atoms with van der Waals surface area (Å²) in [6.07, 6.45) is 0. The van der Waals surface area contributed by atoms with Crippen molar-refractivity contribution in [2.24, 2.45) is 5.84 Å². The number of rotatable bonds is 2. The second-order valence-corrected chi connectivity index (χ2v) is 2.32. The first-order valence-corrected chi connectivity index (χ1v) is 3.43. The molecule has 66 valence electrons. The van der Waals surface area contributed by atoms with Gasteiger partial charge in [-0.05, 0) is 18.2 Å². The lowest BCUT2D eigenvalue weighted by molar-refractivity contribution is 0.0698. The first-order valence-electron chi connectivity index (χ1n) is 3.43. The average molecular weight is 177 g/mol. The van der Waals surface area contributed by atoms with Crippen LogP contribution in [0, 0.1) is 11.3 Å². The van der Waals surface area contributed by atoms with Gasteiger partial charge in [-0.3, -0.25) is 5.84 Å². The summed E-state index contributed by atoms with van der Waals surface area (Å²) in [5.74, 6) is 3.96. The summed E-state index contributed by atoms with van der Waals surface area (Å²) in [5, 5.41) is 17.2. The molecule has 0 saturated heterocycles. The number of nitrogen functional groups attached to an aromatic ring is 1. The second-order valence-electron chi connectivity index (χ2n) is 2.32. The molecule has 0 aliphatic heterocycles. The molecule has 0 amide bonds. The molecular formula is C8H7N3O2. The topological polar surface area (TPSA) is 99.1 Å². The van der Waals surface area contributed by atoms with Crippen LogP contribution in [-0.4, -0.2) is 11.1 Å². The van der Waals surface area contributed by atoms with E-state index in [-0.39, 0.29) is 16.8 Å². The van der Waals surface area contributed by atoms with Gasteiger partial charge in [0.15, 0.2) is 0 Å². The van der Waals surface area contributed by atoms with Gasteiger partial charge in [0.1, 0.15) is 0 Å². The summed E-state index contributed by atoms with van der Waals surface area (Å²) < 4.78 is 0. The maximum atomic E-state index is 10.6. The van der Waals surface area contributed by atoms with E-state index in [4.69, 9.17) is 16.2 Å². The Hall–Kier alpha value is -2.06. The van der Waals surface area contributed by atoms with E-state index in [9.17, 15) is 4.79 Å². The van der Waals surface area contributed by atoms with E-state index in [2.05, 4.69) is 5.43 Å². The van der Waals surface area contributed by atoms with Crippen molar-refractivity contribution >= 4 is 11.7 Å². The fraction of sp³-hybridized carbons (Fsp3) is 0. The third-order valence-electron chi connectivity index (χ3n) is 1.53. The van der Waals surface area contributed by atoms with Gasteiger partial charge in [0.25, 0.3) is 0 Å². The van der Waals surface area contributed by atoms with Gasteiger partial charge in [-0.15, -0.1) is 0 Å². The minimum absolute atomic E-state index is 0.0125. The molecule has 0 atom stereocenters. The molecule has 0 spiro atoms. The van der Waals surface area contributed by atoms with Gasteiger partial charge in [0.2, 0.25) is 0 Å². The standard InChI is InChI=1S/C8H7N3O2/c9-4-5-1-2-7(11-10)6(3-5)8(12)13/h1-3,11H,10H2,(H,12,13). The second kappa shape index (κ2) is 3.56. The zero-order chi connectivity index (χ0) is 9.84. The summed E-state index contributed by atoms with van der Waals surface area (Å²) in [6, 6.07) is 6.04. The van der Waals surface area contributed by atoms with Crippen LogP contribution in [0.5, 0.6) is 0 Å². The fourth-order valence-corrected chi connectivity index (χ4v) is 0.917. The van der Waals surface area contributed by atoms with Gasteiger partial charge in [0, 0.05) is 0 Å². The molecule has 13 heavy (non-hydrogen) atoms. The van der Waals surface area contributed by atoms with E-state index in [1.807, 2.05) is 6.07 Å². The van der Waals surface area contributed by atoms with Crippen molar-refractivity contribution in [2.75, 3.05) is 5.43 Å². The number of nitrogens with zero attached hydrogens (tertiary/aromatic N) is 1. The third-order valence-corrected chi connectivity index (χ3v) is 1.53. The van der Waals surface area contributed by atoms with E-state index >= 15 is 0 Å². The number of hydrogen-bond acceptors (Lipinski definition) is 4. The molecule has 1 rings (SSSR count). The molecule has 0 aliphatic rings. The largest absolute Gasteiger partial charge is 0.478 e. The smallest absolute Gasteiger partial charge is 0.337 e. The molecule has 0 aliphatic carbocycles. The highest BCUT2D eigenvalue weighted by molar-refractivity contribution is 5.94. The van der Waals surface area contributed by atoms with Crippen LogP contribution in [-0.2, 0) is 0 Å². The van der Waals surface area contributed by atoms with E-state index in [0.717, 1.165) is 0 Å². The van der Waals surface area contributed by atoms with E-state index in [0.29, 0.717) is 0 Å². The summed E-state index contributed by atoms with van der Waals surface area (Å²) in [6.45, 7) is 0. The van der Waals surface area contributed by atoms with Crippen LogP contribution in [0.25, 0.3) is 0 Å². The van der Waals surface area contributed by atoms with E-state index < -0.39 is 5.97 Å². The zero-order valence-corrected chi connectivity index (χ0v) is 6.61. The molecule has 0 saturated carbocycles. The fourth-order valence-electron chi connectivity index (χ4n) is 0.917. The Kier molecular flexibility index (Phi) is 2.47. The van der Waals surface area contributed by atoms with Crippen LogP contribution >= 0.6 is 0 Å². The lowest BCUT2D eigenvalue weighted by Gasteiger charge is -2.03. The van der Waals surface area contributed by atoms with Gasteiger partial charge in [-0.25, -0.2) is 4.79 Å². The summed E-state index contributed by atoms with van der Waals surface area (Å²) in [7, 11) is 0. The normalized spacial score (nSPS) is 8.92. The van der Waals surface area contributed by atoms with Crippen molar-refractivity contribution in [3.63, 3.8) is 0 Å². The Morgan fingerprint density at radius 3 is 2.77 bits per heavy atom.